The molecule has 2 heterocycles. The first-order valence-corrected chi connectivity index (χ1v) is 10.1. The minimum Gasteiger partial charge on any atom is -0.363 e. The van der Waals surface area contributed by atoms with Crippen molar-refractivity contribution in [3.8, 4) is 0 Å². The molecule has 1 saturated carbocycles. The monoisotopic (exact) mass is 512 g/mol. The summed E-state index contributed by atoms with van der Waals surface area (Å²) in [6, 6.07) is 6.52. The second kappa shape index (κ2) is 11.3. The van der Waals surface area contributed by atoms with Gasteiger partial charge in [-0.05, 0) is 31.9 Å². The second-order valence-corrected chi connectivity index (χ2v) is 7.60. The zero-order valence-electron chi connectivity index (χ0n) is 17.9. The number of nitrogens with one attached hydrogen (secondary N) is 2. The molecule has 29 heavy (non-hydrogen) atoms. The van der Waals surface area contributed by atoms with Crippen molar-refractivity contribution >= 4 is 35.8 Å². The van der Waals surface area contributed by atoms with Crippen molar-refractivity contribution in [2.75, 3.05) is 19.0 Å². The first-order valence-electron chi connectivity index (χ1n) is 10.1. The van der Waals surface area contributed by atoms with Gasteiger partial charge in [-0.15, -0.1) is 34.2 Å². The molecule has 160 valence electrons. The smallest absolute Gasteiger partial charge is 0.192 e. The third-order valence-electron chi connectivity index (χ3n) is 5.19. The molecule has 2 N–H and O–H groups in total. The Morgan fingerprint density at radius 2 is 1.97 bits per heavy atom. The molecular formula is C20H33IN8. The van der Waals surface area contributed by atoms with Crippen molar-refractivity contribution < 1.29 is 0 Å². The van der Waals surface area contributed by atoms with E-state index in [9.17, 15) is 0 Å². The van der Waals surface area contributed by atoms with Crippen LogP contribution in [0.3, 0.4) is 0 Å². The third kappa shape index (κ3) is 6.83. The van der Waals surface area contributed by atoms with Gasteiger partial charge in [-0.1, -0.05) is 25.3 Å². The van der Waals surface area contributed by atoms with Crippen LogP contribution in [0.5, 0.6) is 0 Å². The quantitative estimate of drug-likeness (QED) is 0.352. The molecule has 9 heteroatoms. The molecule has 0 aliphatic heterocycles. The van der Waals surface area contributed by atoms with Gasteiger partial charge in [-0.3, -0.25) is 0 Å². The van der Waals surface area contributed by atoms with Crippen molar-refractivity contribution in [1.29, 1.82) is 0 Å². The Morgan fingerprint density at radius 1 is 1.21 bits per heavy atom. The van der Waals surface area contributed by atoms with E-state index < -0.39 is 0 Å². The molecule has 0 amide bonds. The van der Waals surface area contributed by atoms with E-state index in [4.69, 9.17) is 4.99 Å². The number of hydrogen-bond donors (Lipinski definition) is 2. The standard InChI is InChI=1S/C20H32N8.HI/c1-15-25-26-19(28(15)4)14-22-20(24-16-9-6-5-7-10-16)21-13-17-11-8-12-18(23-17)27(2)3;/h8,11-12,16H,5-7,9-10,13-14H2,1-4H3,(H2,21,22,24);1H. The second-order valence-electron chi connectivity index (χ2n) is 7.60. The van der Waals surface area contributed by atoms with Crippen molar-refractivity contribution in [3.63, 3.8) is 0 Å². The maximum atomic E-state index is 4.80. The average Bonchev–Trinajstić information content (AvgIpc) is 3.03. The van der Waals surface area contributed by atoms with E-state index >= 15 is 0 Å². The molecule has 3 rings (SSSR count). The number of rotatable bonds is 6. The minimum atomic E-state index is 0. The van der Waals surface area contributed by atoms with Crippen LogP contribution in [0.25, 0.3) is 0 Å². The van der Waals surface area contributed by atoms with E-state index in [1.807, 2.05) is 55.7 Å². The number of nitrogens with zero attached hydrogens (tertiary/aromatic N) is 6. The van der Waals surface area contributed by atoms with Gasteiger partial charge in [0, 0.05) is 27.2 Å². The van der Waals surface area contributed by atoms with Crippen molar-refractivity contribution in [3.05, 3.63) is 35.5 Å². The first-order chi connectivity index (χ1) is 13.5. The highest BCUT2D eigenvalue weighted by molar-refractivity contribution is 14.0. The summed E-state index contributed by atoms with van der Waals surface area (Å²) in [5, 5.41) is 15.4. The van der Waals surface area contributed by atoms with Crippen molar-refractivity contribution in [2.24, 2.45) is 12.0 Å². The maximum absolute atomic E-state index is 4.80. The molecule has 0 unspecified atom stereocenters. The highest BCUT2D eigenvalue weighted by atomic mass is 127. The summed E-state index contributed by atoms with van der Waals surface area (Å²) in [5.74, 6) is 3.55. The van der Waals surface area contributed by atoms with Crippen LogP contribution in [0.1, 0.15) is 49.4 Å². The fourth-order valence-electron chi connectivity index (χ4n) is 3.32. The van der Waals surface area contributed by atoms with Gasteiger partial charge in [0.1, 0.15) is 11.6 Å². The SMILES string of the molecule is Cc1nnc(CNC(=NCc2cccc(N(C)C)n2)NC2CCCCC2)n1C.I. The molecule has 2 aromatic rings. The van der Waals surface area contributed by atoms with E-state index in [1.54, 1.807) is 0 Å². The maximum Gasteiger partial charge on any atom is 0.192 e. The van der Waals surface area contributed by atoms with Gasteiger partial charge in [0.15, 0.2) is 11.8 Å². The Kier molecular flexibility index (Phi) is 9.12. The van der Waals surface area contributed by atoms with Gasteiger partial charge in [-0.2, -0.15) is 0 Å². The number of anilines is 1. The summed E-state index contributed by atoms with van der Waals surface area (Å²) < 4.78 is 1.99. The lowest BCUT2D eigenvalue weighted by Gasteiger charge is -2.25. The average molecular weight is 512 g/mol. The summed E-state index contributed by atoms with van der Waals surface area (Å²) in [6.07, 6.45) is 6.27. The molecule has 2 aromatic heterocycles. The Balaban J connectivity index is 0.00000300. The predicted molar refractivity (Wildman–Crippen MR) is 128 cm³/mol. The molecule has 1 aliphatic carbocycles. The Labute approximate surface area is 190 Å². The topological polar surface area (TPSA) is 83.3 Å². The summed E-state index contributed by atoms with van der Waals surface area (Å²) in [5.41, 5.74) is 0.949. The van der Waals surface area contributed by atoms with E-state index in [0.29, 0.717) is 19.1 Å². The van der Waals surface area contributed by atoms with Crippen molar-refractivity contribution in [2.45, 2.75) is 58.2 Å². The molecule has 0 aromatic carbocycles. The molecule has 0 bridgehead atoms. The number of hydrogen-bond acceptors (Lipinski definition) is 5. The zero-order valence-corrected chi connectivity index (χ0v) is 20.2. The van der Waals surface area contributed by atoms with Gasteiger partial charge in [0.2, 0.25) is 0 Å². The van der Waals surface area contributed by atoms with Gasteiger partial charge in [0.05, 0.1) is 18.8 Å². The summed E-state index contributed by atoms with van der Waals surface area (Å²) in [7, 11) is 5.97. The number of pyridine rings is 1. The van der Waals surface area contributed by atoms with Gasteiger partial charge in [0.25, 0.3) is 0 Å². The van der Waals surface area contributed by atoms with Crippen LogP contribution < -0.4 is 15.5 Å². The lowest BCUT2D eigenvalue weighted by molar-refractivity contribution is 0.409. The summed E-state index contributed by atoms with van der Waals surface area (Å²) in [6.45, 7) is 3.07. The zero-order chi connectivity index (χ0) is 19.9. The molecule has 0 spiro atoms. The van der Waals surface area contributed by atoms with Crippen LogP contribution in [0, 0.1) is 6.92 Å². The summed E-state index contributed by atoms with van der Waals surface area (Å²) in [4.78, 5) is 11.5. The number of aliphatic imine (C=N–C) groups is 1. The first kappa shape index (κ1) is 23.4. The van der Waals surface area contributed by atoms with E-state index in [-0.39, 0.29) is 24.0 Å². The van der Waals surface area contributed by atoms with Crippen LogP contribution in [-0.2, 0) is 20.1 Å². The third-order valence-corrected chi connectivity index (χ3v) is 5.19. The largest absolute Gasteiger partial charge is 0.363 e. The fraction of sp³-hybridized carbons (Fsp3) is 0.600. The molecule has 8 nitrogen and oxygen atoms in total. The lowest BCUT2D eigenvalue weighted by atomic mass is 9.96. The fourth-order valence-corrected chi connectivity index (χ4v) is 3.32. The van der Waals surface area contributed by atoms with Crippen LogP contribution in [0.15, 0.2) is 23.2 Å². The van der Waals surface area contributed by atoms with Crippen LogP contribution in [-0.4, -0.2) is 45.8 Å². The highest BCUT2D eigenvalue weighted by Gasteiger charge is 2.15. The number of guanidine groups is 1. The minimum absolute atomic E-state index is 0. The molecule has 0 saturated heterocycles. The number of aromatic nitrogens is 4. The summed E-state index contributed by atoms with van der Waals surface area (Å²) >= 11 is 0. The highest BCUT2D eigenvalue weighted by Crippen LogP contribution is 2.17. The Bertz CT molecular complexity index is 796. The number of aryl methyl sites for hydroxylation is 1. The Morgan fingerprint density at radius 3 is 2.62 bits per heavy atom. The molecule has 1 aliphatic rings. The van der Waals surface area contributed by atoms with Crippen molar-refractivity contribution in [1.82, 2.24) is 30.4 Å². The van der Waals surface area contributed by atoms with E-state index in [0.717, 1.165) is 29.1 Å². The van der Waals surface area contributed by atoms with Crippen LogP contribution in [0.2, 0.25) is 0 Å². The van der Waals surface area contributed by atoms with Crippen LogP contribution >= 0.6 is 24.0 Å². The molecule has 1 fully saturated rings. The number of halogens is 1. The van der Waals surface area contributed by atoms with E-state index in [2.05, 4.69) is 25.8 Å². The van der Waals surface area contributed by atoms with E-state index in [1.165, 1.54) is 32.1 Å². The van der Waals surface area contributed by atoms with Gasteiger partial charge < -0.3 is 20.1 Å². The molecule has 0 atom stereocenters. The Hall–Kier alpha value is -1.91. The molecule has 0 radical (unpaired) electrons. The molecular weight excluding hydrogens is 479 g/mol. The normalized spacial score (nSPS) is 15.0. The van der Waals surface area contributed by atoms with Gasteiger partial charge in [-0.25, -0.2) is 9.98 Å². The lowest BCUT2D eigenvalue weighted by Crippen LogP contribution is -2.44. The predicted octanol–water partition coefficient (Wildman–Crippen LogP) is 2.77. The van der Waals surface area contributed by atoms with Gasteiger partial charge >= 0.3 is 0 Å². The van der Waals surface area contributed by atoms with Crippen LogP contribution in [0.4, 0.5) is 5.82 Å².